The molecule has 33 heteroatoms. The number of amides is 7. The largest absolute Gasteiger partial charge is 0.437 e. The van der Waals surface area contributed by atoms with Crippen molar-refractivity contribution in [3.8, 4) is 0 Å². The first-order valence-electron chi connectivity index (χ1n) is 40.2. The molecular formula is C87H104BN21O8S3. The van der Waals surface area contributed by atoms with Gasteiger partial charge in [-0.25, -0.2) is 0 Å². The van der Waals surface area contributed by atoms with Gasteiger partial charge in [-0.3, -0.25) is 49.8 Å². The number of rotatable bonds is 42. The highest BCUT2D eigenvalue weighted by Crippen LogP contribution is 2.24. The van der Waals surface area contributed by atoms with Crippen LogP contribution >= 0.6 is 34.0 Å². The molecule has 0 spiro atoms. The van der Waals surface area contributed by atoms with E-state index in [9.17, 15) is 38.6 Å². The van der Waals surface area contributed by atoms with E-state index in [1.54, 1.807) is 6.82 Å². The number of nitrogens with two attached hydrogens (primary N) is 1. The molecule has 3 aliphatic rings. The van der Waals surface area contributed by atoms with Crippen LogP contribution in [0, 0.1) is 0 Å². The molecule has 0 radical (unpaired) electrons. The van der Waals surface area contributed by atoms with E-state index in [1.807, 2.05) is 200 Å². The highest BCUT2D eigenvalue weighted by Gasteiger charge is 2.18. The van der Waals surface area contributed by atoms with Crippen LogP contribution in [-0.4, -0.2) is 104 Å². The Balaban J connectivity index is 0.000000189. The van der Waals surface area contributed by atoms with Crippen LogP contribution in [0.3, 0.4) is 0 Å². The molecule has 0 unspecified atom stereocenters. The zero-order valence-corrected chi connectivity index (χ0v) is 69.8. The van der Waals surface area contributed by atoms with Crippen LogP contribution in [0.2, 0.25) is 6.82 Å². The Kier molecular flexibility index (Phi) is 37.2. The Morgan fingerprint density at radius 3 is 0.942 bits per heavy atom. The van der Waals surface area contributed by atoms with Crippen molar-refractivity contribution >= 4 is 97.8 Å². The number of hydrogen-bond donors (Lipinski definition) is 16. The fourth-order valence-electron chi connectivity index (χ4n) is 12.5. The average molecular weight is 1680 g/mol. The molecular weight excluding hydrogens is 1570 g/mol. The number of unbranched alkanes of at least 4 members (excludes halogenated alkanes) is 3. The Labute approximate surface area is 711 Å². The molecule has 17 N–H and O–H groups in total. The standard InChI is InChI=1S/C30H35N7O3S.C29H36BN7O3S.C28H33N7O2S/c1-21(38)31-17-16-23-10-7-11-24(18-23)20-28(40)33-30-37-36-29(41-30)13-6-5-12-25-14-15-26(35-34-25)32-27(39)19-22-8-3-2-4-9-22;1-30(40)31-17-16-22-10-7-11-23(18-22)20-27(39)33-29-37-36-28(41-29)13-6-5-12-24-14-15-25(35-34-24)32-26(38)19-21-8-3-2-4-9-21;29-16-15-21-9-6-10-22(17-21)19-26(37)31-28-35-34-27(38-28)12-5-4-11-23-13-14-24(33-32-23)30-25(36)18-20-7-2-1-3-8-20/h2-4,7-11,14-15,18,34-35H,5-6,12-13,16-17,19-20H2,1H3,(H,31,38)(H,32,39)(H,33,37,40);2-4,7-11,14-15,18,31,34-35,40H,5-6,12-13,16-17,19-20H2,1H3,(H,32,38)(H,33,37,39);1-3,6-10,13-14,17,32-33H,4-5,11-12,15-16,18-19,29H2,(H,30,36)(H,31,35,37). The summed E-state index contributed by atoms with van der Waals surface area (Å²) in [5.41, 5.74) is 36.3. The van der Waals surface area contributed by atoms with E-state index in [1.165, 1.54) is 40.9 Å². The second-order valence-corrected chi connectivity index (χ2v) is 31.8. The minimum Gasteiger partial charge on any atom is -0.437 e. The van der Waals surface area contributed by atoms with Gasteiger partial charge >= 0.3 is 7.05 Å². The molecule has 0 aliphatic carbocycles. The van der Waals surface area contributed by atoms with Gasteiger partial charge in [0.25, 0.3) is 0 Å². The second-order valence-electron chi connectivity index (χ2n) is 28.6. The van der Waals surface area contributed by atoms with Gasteiger partial charge in [-0.1, -0.05) is 198 Å². The number of hydrogen-bond acceptors (Lipinski definition) is 25. The van der Waals surface area contributed by atoms with Crippen LogP contribution in [0.5, 0.6) is 0 Å². The SMILES string of the molecule is CB(O)NCCc1cccc(CC(=O)Nc2nnc(CCCCC3=CC=C(NC(=O)Cc4ccccc4)NN3)s2)c1.CC(=O)NCCc1cccc(CC(=O)Nc2nnc(CCCCC3=CC=C(NC(=O)Cc4ccccc4)NN3)s2)c1.NCCc1cccc(CC(=O)Nc2nnc(CCCCC3=CC=C(NC(=O)Cc4ccccc4)NN3)s2)c1. The summed E-state index contributed by atoms with van der Waals surface area (Å²) < 4.78 is 0. The number of allylic oxidation sites excluding steroid dienone is 9. The Morgan fingerprint density at radius 1 is 0.342 bits per heavy atom. The molecule has 9 aromatic rings. The minimum atomic E-state index is -0.539. The van der Waals surface area contributed by atoms with Gasteiger partial charge in [-0.2, -0.15) is 0 Å². The molecule has 12 rings (SSSR count). The van der Waals surface area contributed by atoms with E-state index in [0.29, 0.717) is 78.2 Å². The van der Waals surface area contributed by atoms with Gasteiger partial charge in [-0.05, 0) is 183 Å². The average Bonchev–Trinajstić information content (AvgIpc) is 1.14. The van der Waals surface area contributed by atoms with Crippen molar-refractivity contribution in [3.05, 3.63) is 300 Å². The Morgan fingerprint density at radius 2 is 0.633 bits per heavy atom. The lowest BCUT2D eigenvalue weighted by Crippen LogP contribution is -2.41. The fourth-order valence-corrected chi connectivity index (χ4v) is 14.9. The highest BCUT2D eigenvalue weighted by atomic mass is 32.1. The summed E-state index contributed by atoms with van der Waals surface area (Å²) in [6.07, 6.45) is 26.1. The van der Waals surface area contributed by atoms with E-state index in [-0.39, 0.29) is 60.6 Å². The fraction of sp³-hybridized carbons (Fsp3) is 0.299. The van der Waals surface area contributed by atoms with E-state index < -0.39 is 7.05 Å². The maximum absolute atomic E-state index is 12.5. The summed E-state index contributed by atoms with van der Waals surface area (Å²) in [7, 11) is -0.539. The Bertz CT molecular complexity index is 5030. The molecule has 6 aromatic carbocycles. The van der Waals surface area contributed by atoms with Crippen LogP contribution < -0.4 is 80.7 Å². The molecule has 626 valence electrons. The summed E-state index contributed by atoms with van der Waals surface area (Å²) >= 11 is 4.21. The zero-order valence-electron chi connectivity index (χ0n) is 67.4. The van der Waals surface area contributed by atoms with Gasteiger partial charge in [0, 0.05) is 49.8 Å². The number of carbonyl (C=O) groups is 7. The van der Waals surface area contributed by atoms with E-state index in [4.69, 9.17) is 5.73 Å². The van der Waals surface area contributed by atoms with Crippen molar-refractivity contribution in [2.45, 2.75) is 149 Å². The van der Waals surface area contributed by atoms with Crippen molar-refractivity contribution < 1.29 is 38.6 Å². The monoisotopic (exact) mass is 1680 g/mol. The third-order valence-electron chi connectivity index (χ3n) is 18.4. The van der Waals surface area contributed by atoms with Gasteiger partial charge < -0.3 is 69.5 Å². The summed E-state index contributed by atoms with van der Waals surface area (Å²) in [6.45, 7) is 5.00. The Hall–Kier alpha value is -12.5. The van der Waals surface area contributed by atoms with Crippen LogP contribution in [-0.2, 0) is 111 Å². The summed E-state index contributed by atoms with van der Waals surface area (Å²) in [5, 5.41) is 61.5. The number of anilines is 3. The molecule has 6 heterocycles. The first kappa shape index (κ1) is 89.8. The second kappa shape index (κ2) is 49.6. The van der Waals surface area contributed by atoms with E-state index in [0.717, 1.165) is 172 Å². The lowest BCUT2D eigenvalue weighted by Gasteiger charge is -2.20. The summed E-state index contributed by atoms with van der Waals surface area (Å²) in [6, 6.07) is 52.5. The number of nitrogens with one attached hydrogen (secondary N) is 14. The molecule has 3 aromatic heterocycles. The lowest BCUT2D eigenvalue weighted by atomic mass is 9.88. The normalized spacial score (nSPS) is 12.4. The maximum atomic E-state index is 12.5. The maximum Gasteiger partial charge on any atom is 0.373 e. The summed E-state index contributed by atoms with van der Waals surface area (Å²) in [4.78, 5) is 85.2. The smallest absolute Gasteiger partial charge is 0.373 e. The lowest BCUT2D eigenvalue weighted by molar-refractivity contribution is -0.120. The van der Waals surface area contributed by atoms with Gasteiger partial charge in [-0.15, -0.1) is 30.6 Å². The van der Waals surface area contributed by atoms with Gasteiger partial charge in [0.2, 0.25) is 56.7 Å². The minimum absolute atomic E-state index is 0.0536. The molecule has 0 atom stereocenters. The number of aromatic nitrogens is 6. The molecule has 0 fully saturated rings. The number of benzene rings is 6. The van der Waals surface area contributed by atoms with Crippen molar-refractivity contribution in [2.24, 2.45) is 5.73 Å². The highest BCUT2D eigenvalue weighted by molar-refractivity contribution is 7.16. The van der Waals surface area contributed by atoms with E-state index in [2.05, 4.69) is 106 Å². The molecule has 0 saturated carbocycles. The molecule has 29 nitrogen and oxygen atoms in total. The predicted octanol–water partition coefficient (Wildman–Crippen LogP) is 9.29. The van der Waals surface area contributed by atoms with Crippen molar-refractivity contribution in [1.29, 1.82) is 0 Å². The van der Waals surface area contributed by atoms with Crippen molar-refractivity contribution in [2.75, 3.05) is 35.6 Å². The molecule has 120 heavy (non-hydrogen) atoms. The van der Waals surface area contributed by atoms with Crippen LogP contribution in [0.4, 0.5) is 15.4 Å². The third-order valence-corrected chi connectivity index (χ3v) is 21.1. The van der Waals surface area contributed by atoms with Crippen LogP contribution in [0.25, 0.3) is 0 Å². The summed E-state index contributed by atoms with van der Waals surface area (Å²) in [5.74, 6) is 1.21. The first-order valence-corrected chi connectivity index (χ1v) is 42.6. The van der Waals surface area contributed by atoms with Crippen molar-refractivity contribution in [1.82, 2.24) is 89.6 Å². The number of carbonyl (C=O) groups excluding carboxylic acids is 7. The van der Waals surface area contributed by atoms with Gasteiger partial charge in [0.1, 0.15) is 32.5 Å². The quantitative estimate of drug-likeness (QED) is 0.0125. The van der Waals surface area contributed by atoms with Crippen molar-refractivity contribution in [3.63, 3.8) is 0 Å². The predicted molar refractivity (Wildman–Crippen MR) is 472 cm³/mol. The first-order chi connectivity index (χ1) is 58.4. The van der Waals surface area contributed by atoms with Gasteiger partial charge in [0.05, 0.1) is 38.5 Å². The van der Waals surface area contributed by atoms with Gasteiger partial charge in [0.15, 0.2) is 0 Å². The topological polar surface area (TPSA) is 411 Å². The molecule has 3 aliphatic heterocycles. The van der Waals surface area contributed by atoms with Crippen LogP contribution in [0.15, 0.2) is 235 Å². The molecule has 0 bridgehead atoms. The number of aryl methyl sites for hydroxylation is 3. The molecule has 7 amide bonds. The van der Waals surface area contributed by atoms with Crippen LogP contribution in [0.1, 0.15) is 130 Å². The zero-order chi connectivity index (χ0) is 84.3. The molecule has 0 saturated heterocycles. The number of nitrogens with zero attached hydrogens (tertiary/aromatic N) is 6. The van der Waals surface area contributed by atoms with E-state index >= 15 is 0 Å². The number of hydrazine groups is 3. The third kappa shape index (κ3) is 34.6.